The van der Waals surface area contributed by atoms with Crippen molar-refractivity contribution in [3.05, 3.63) is 83.2 Å². The molecule has 1 heterocycles. The Morgan fingerprint density at radius 3 is 2.32 bits per heavy atom. The maximum absolute atomic E-state index is 13.3. The zero-order valence-corrected chi connectivity index (χ0v) is 23.3. The van der Waals surface area contributed by atoms with Crippen molar-refractivity contribution in [1.29, 1.82) is 0 Å². The lowest BCUT2D eigenvalue weighted by atomic mass is 10.0. The van der Waals surface area contributed by atoms with Crippen LogP contribution in [0.5, 0.6) is 11.5 Å². The van der Waals surface area contributed by atoms with Crippen LogP contribution in [0.3, 0.4) is 0 Å². The molecular weight excluding hydrogens is 549 g/mol. The summed E-state index contributed by atoms with van der Waals surface area (Å²) in [6, 6.07) is 19.9. The lowest BCUT2D eigenvalue weighted by Crippen LogP contribution is -2.28. The lowest BCUT2D eigenvalue weighted by Gasteiger charge is -2.19. The van der Waals surface area contributed by atoms with Crippen molar-refractivity contribution >= 4 is 39.1 Å². The van der Waals surface area contributed by atoms with Crippen molar-refractivity contribution < 1.29 is 13.9 Å². The number of hydrogen-bond acceptors (Lipinski definition) is 7. The number of nitrogens with one attached hydrogen (secondary N) is 2. The average Bonchev–Trinajstić information content (AvgIpc) is 2.94. The maximum Gasteiger partial charge on any atom is 0.229 e. The van der Waals surface area contributed by atoms with Crippen molar-refractivity contribution in [2.24, 2.45) is 0 Å². The van der Waals surface area contributed by atoms with Gasteiger partial charge >= 0.3 is 0 Å². The van der Waals surface area contributed by atoms with Crippen LogP contribution in [0.4, 0.5) is 27.5 Å². The number of nitrogens with zero attached hydrogens (tertiary/aromatic N) is 3. The first kappa shape index (κ1) is 27.3. The monoisotopic (exact) mass is 579 g/mol. The van der Waals surface area contributed by atoms with Crippen LogP contribution in [0.25, 0.3) is 11.1 Å². The van der Waals surface area contributed by atoms with E-state index in [2.05, 4.69) is 55.3 Å². The first-order valence-electron chi connectivity index (χ1n) is 12.4. The van der Waals surface area contributed by atoms with Gasteiger partial charge in [0.1, 0.15) is 29.7 Å². The van der Waals surface area contributed by atoms with E-state index in [4.69, 9.17) is 9.47 Å². The fraction of sp³-hybridized carbons (Fsp3) is 0.241. The maximum atomic E-state index is 13.3. The van der Waals surface area contributed by atoms with Gasteiger partial charge in [0, 0.05) is 35.7 Å². The number of benzene rings is 3. The number of ether oxygens (including phenoxy) is 2. The highest BCUT2D eigenvalue weighted by Crippen LogP contribution is 2.34. The molecule has 4 aromatic rings. The molecule has 0 fully saturated rings. The Balaban J connectivity index is 1.57. The minimum absolute atomic E-state index is 0.298. The largest absolute Gasteiger partial charge is 0.497 e. The van der Waals surface area contributed by atoms with Gasteiger partial charge in [0.05, 0.1) is 11.6 Å². The van der Waals surface area contributed by atoms with Gasteiger partial charge in [0.25, 0.3) is 0 Å². The van der Waals surface area contributed by atoms with Crippen LogP contribution in [0.15, 0.2) is 77.4 Å². The molecule has 2 N–H and O–H groups in total. The van der Waals surface area contributed by atoms with Crippen molar-refractivity contribution in [3.8, 4) is 22.6 Å². The fourth-order valence-electron chi connectivity index (χ4n) is 3.87. The van der Waals surface area contributed by atoms with Crippen LogP contribution in [0.2, 0.25) is 0 Å². The second-order valence-corrected chi connectivity index (χ2v) is 9.32. The van der Waals surface area contributed by atoms with Gasteiger partial charge in [-0.2, -0.15) is 4.98 Å². The molecule has 0 aliphatic rings. The zero-order chi connectivity index (χ0) is 26.9. The van der Waals surface area contributed by atoms with Crippen molar-refractivity contribution in [1.82, 2.24) is 14.9 Å². The Bertz CT molecular complexity index is 1330. The predicted molar refractivity (Wildman–Crippen MR) is 154 cm³/mol. The second kappa shape index (κ2) is 13.2. The molecule has 4 rings (SSSR count). The number of halogens is 2. The van der Waals surface area contributed by atoms with Crippen LogP contribution in [0, 0.1) is 5.82 Å². The molecule has 0 saturated heterocycles. The van der Waals surface area contributed by atoms with Gasteiger partial charge in [-0.05, 0) is 83.1 Å². The van der Waals surface area contributed by atoms with Crippen LogP contribution in [-0.2, 0) is 0 Å². The summed E-state index contributed by atoms with van der Waals surface area (Å²) < 4.78 is 25.6. The minimum atomic E-state index is -0.298. The first-order valence-corrected chi connectivity index (χ1v) is 13.2. The molecule has 0 bridgehead atoms. The normalized spacial score (nSPS) is 10.9. The second-order valence-electron chi connectivity index (χ2n) is 8.46. The molecular formula is C29H31BrFN5O2. The molecule has 0 aliphatic carbocycles. The van der Waals surface area contributed by atoms with Gasteiger partial charge in [-0.15, -0.1) is 0 Å². The number of methoxy groups -OCH3 is 1. The van der Waals surface area contributed by atoms with E-state index in [1.54, 1.807) is 25.4 Å². The van der Waals surface area contributed by atoms with Gasteiger partial charge in [0.15, 0.2) is 0 Å². The highest BCUT2D eigenvalue weighted by molar-refractivity contribution is 9.10. The van der Waals surface area contributed by atoms with Crippen molar-refractivity contribution in [2.75, 3.05) is 44.0 Å². The molecule has 0 aliphatic heterocycles. The Morgan fingerprint density at radius 1 is 0.921 bits per heavy atom. The summed E-state index contributed by atoms with van der Waals surface area (Å²) in [6.45, 7) is 7.64. The van der Waals surface area contributed by atoms with Crippen LogP contribution in [0.1, 0.15) is 13.8 Å². The lowest BCUT2D eigenvalue weighted by molar-refractivity contribution is 0.223. The van der Waals surface area contributed by atoms with Gasteiger partial charge < -0.3 is 25.0 Å². The highest BCUT2D eigenvalue weighted by Gasteiger charge is 2.12. The predicted octanol–water partition coefficient (Wildman–Crippen LogP) is 7.26. The summed E-state index contributed by atoms with van der Waals surface area (Å²) in [5, 5.41) is 6.45. The quantitative estimate of drug-likeness (QED) is 0.183. The molecule has 0 saturated carbocycles. The van der Waals surface area contributed by atoms with Crippen molar-refractivity contribution in [2.45, 2.75) is 13.8 Å². The molecule has 0 spiro atoms. The number of anilines is 4. The van der Waals surface area contributed by atoms with E-state index in [0.717, 1.165) is 47.9 Å². The van der Waals surface area contributed by atoms with Gasteiger partial charge in [-0.1, -0.05) is 26.0 Å². The summed E-state index contributed by atoms with van der Waals surface area (Å²) in [5.74, 6) is 2.22. The molecule has 3 aromatic carbocycles. The summed E-state index contributed by atoms with van der Waals surface area (Å²) in [4.78, 5) is 11.3. The van der Waals surface area contributed by atoms with Gasteiger partial charge in [0.2, 0.25) is 5.95 Å². The minimum Gasteiger partial charge on any atom is -0.497 e. The highest BCUT2D eigenvalue weighted by atomic mass is 79.9. The smallest absolute Gasteiger partial charge is 0.229 e. The van der Waals surface area contributed by atoms with E-state index in [1.165, 1.54) is 12.1 Å². The third kappa shape index (κ3) is 7.20. The standard InChI is InChI=1S/C29H31BrFN5O2/c1-4-36(5-2)16-17-38-27-18-23(12-15-25(27)20-6-13-24(37-3)14-7-20)34-29-32-19-26(30)28(35-29)33-22-10-8-21(31)9-11-22/h6-15,18-19H,4-5,16-17H2,1-3H3,(H2,32,33,34,35). The van der Waals surface area contributed by atoms with Crippen LogP contribution in [-0.4, -0.2) is 48.2 Å². The third-order valence-corrected chi connectivity index (χ3v) is 6.63. The van der Waals surface area contributed by atoms with E-state index in [9.17, 15) is 4.39 Å². The van der Waals surface area contributed by atoms with Gasteiger partial charge in [-0.25, -0.2) is 9.37 Å². The number of hydrogen-bond donors (Lipinski definition) is 2. The molecule has 198 valence electrons. The Hall–Kier alpha value is -3.69. The Labute approximate surface area is 231 Å². The van der Waals surface area contributed by atoms with E-state index in [0.29, 0.717) is 28.5 Å². The van der Waals surface area contributed by atoms with Crippen molar-refractivity contribution in [3.63, 3.8) is 0 Å². The molecule has 0 radical (unpaired) electrons. The number of rotatable bonds is 12. The van der Waals surface area contributed by atoms with E-state index in [1.807, 2.05) is 42.5 Å². The summed E-state index contributed by atoms with van der Waals surface area (Å²) in [6.07, 6.45) is 1.66. The molecule has 0 amide bonds. The Kier molecular flexibility index (Phi) is 9.51. The van der Waals surface area contributed by atoms with Gasteiger partial charge in [-0.3, -0.25) is 0 Å². The third-order valence-electron chi connectivity index (χ3n) is 6.05. The zero-order valence-electron chi connectivity index (χ0n) is 21.7. The molecule has 9 heteroatoms. The summed E-state index contributed by atoms with van der Waals surface area (Å²) in [7, 11) is 1.65. The van der Waals surface area contributed by atoms with E-state index >= 15 is 0 Å². The van der Waals surface area contributed by atoms with E-state index in [-0.39, 0.29) is 5.82 Å². The van der Waals surface area contributed by atoms with Crippen LogP contribution < -0.4 is 20.1 Å². The summed E-state index contributed by atoms with van der Waals surface area (Å²) >= 11 is 3.47. The molecule has 38 heavy (non-hydrogen) atoms. The average molecular weight is 581 g/mol. The fourth-order valence-corrected chi connectivity index (χ4v) is 4.16. The first-order chi connectivity index (χ1) is 18.5. The Morgan fingerprint density at radius 2 is 1.63 bits per heavy atom. The molecule has 0 unspecified atom stereocenters. The molecule has 1 aromatic heterocycles. The van der Waals surface area contributed by atoms with Crippen LogP contribution >= 0.6 is 15.9 Å². The number of aromatic nitrogens is 2. The summed E-state index contributed by atoms with van der Waals surface area (Å²) in [5.41, 5.74) is 3.51. The molecule has 0 atom stereocenters. The van der Waals surface area contributed by atoms with E-state index < -0.39 is 0 Å². The number of likely N-dealkylation sites (N-methyl/N-ethyl adjacent to an activating group) is 1. The SMILES string of the molecule is CCN(CC)CCOc1cc(Nc2ncc(Br)c(Nc3ccc(F)cc3)n2)ccc1-c1ccc(OC)cc1. The topological polar surface area (TPSA) is 71.5 Å². The molecule has 7 nitrogen and oxygen atoms in total.